The Balaban J connectivity index is 2.13. The molecule has 1 amide bonds. The highest BCUT2D eigenvalue weighted by atomic mass is 16.3. The van der Waals surface area contributed by atoms with E-state index in [0.717, 1.165) is 18.4 Å². The van der Waals surface area contributed by atoms with Crippen molar-refractivity contribution in [2.24, 2.45) is 0 Å². The fraction of sp³-hybridized carbons (Fsp3) is 0.360. The summed E-state index contributed by atoms with van der Waals surface area (Å²) in [5.41, 5.74) is 2.73. The van der Waals surface area contributed by atoms with Crippen molar-refractivity contribution in [3.63, 3.8) is 0 Å². The van der Waals surface area contributed by atoms with E-state index in [9.17, 15) is 14.7 Å². The molecule has 1 unspecified atom stereocenters. The molecule has 0 spiro atoms. The minimum atomic E-state index is -0.618. The molecule has 0 bridgehead atoms. The SMILES string of the molecule is CCCCN1C(=O)C(=O)/C(=C(\O)c2ccccc2)C1c1ccc(C(C)(C)C)cc1. The molecule has 1 aliphatic rings. The van der Waals surface area contributed by atoms with Crippen molar-refractivity contribution in [1.29, 1.82) is 0 Å². The summed E-state index contributed by atoms with van der Waals surface area (Å²) < 4.78 is 0. The van der Waals surface area contributed by atoms with Crippen LogP contribution < -0.4 is 0 Å². The van der Waals surface area contributed by atoms with E-state index < -0.39 is 17.7 Å². The van der Waals surface area contributed by atoms with Gasteiger partial charge in [0.2, 0.25) is 0 Å². The molecule has 152 valence electrons. The lowest BCUT2D eigenvalue weighted by Crippen LogP contribution is -2.30. The number of likely N-dealkylation sites (tertiary alicyclic amines) is 1. The molecule has 1 heterocycles. The van der Waals surface area contributed by atoms with E-state index in [4.69, 9.17) is 0 Å². The van der Waals surface area contributed by atoms with Gasteiger partial charge in [0.05, 0.1) is 11.6 Å². The molecular weight excluding hydrogens is 362 g/mol. The Bertz CT molecular complexity index is 921. The van der Waals surface area contributed by atoms with Crippen LogP contribution in [0.1, 0.15) is 63.3 Å². The Hall–Kier alpha value is -2.88. The van der Waals surface area contributed by atoms with Gasteiger partial charge in [0, 0.05) is 12.1 Å². The molecule has 1 saturated heterocycles. The van der Waals surface area contributed by atoms with Crippen molar-refractivity contribution < 1.29 is 14.7 Å². The van der Waals surface area contributed by atoms with Gasteiger partial charge in [0.1, 0.15) is 5.76 Å². The Kier molecular flexibility index (Phi) is 5.92. The Morgan fingerprint density at radius 3 is 2.17 bits per heavy atom. The number of hydrogen-bond donors (Lipinski definition) is 1. The summed E-state index contributed by atoms with van der Waals surface area (Å²) in [6, 6.07) is 16.4. The van der Waals surface area contributed by atoms with Crippen LogP contribution in [0.4, 0.5) is 0 Å². The number of benzene rings is 2. The predicted molar refractivity (Wildman–Crippen MR) is 116 cm³/mol. The number of rotatable bonds is 5. The van der Waals surface area contributed by atoms with Gasteiger partial charge in [-0.25, -0.2) is 0 Å². The molecule has 4 nitrogen and oxygen atoms in total. The Morgan fingerprint density at radius 1 is 1.00 bits per heavy atom. The summed E-state index contributed by atoms with van der Waals surface area (Å²) >= 11 is 0. The van der Waals surface area contributed by atoms with Crippen LogP contribution in [0.5, 0.6) is 0 Å². The van der Waals surface area contributed by atoms with Crippen molar-refractivity contribution in [3.8, 4) is 0 Å². The molecule has 0 radical (unpaired) electrons. The second-order valence-electron chi connectivity index (χ2n) is 8.58. The van der Waals surface area contributed by atoms with E-state index in [2.05, 4.69) is 20.8 Å². The van der Waals surface area contributed by atoms with E-state index in [1.165, 1.54) is 5.56 Å². The molecular formula is C25H29NO3. The Labute approximate surface area is 172 Å². The molecule has 0 aliphatic carbocycles. The molecule has 1 atom stereocenters. The molecule has 2 aromatic carbocycles. The first-order valence-corrected chi connectivity index (χ1v) is 10.2. The standard InChI is InChI=1S/C25H29NO3/c1-5-6-16-26-21(17-12-14-19(15-13-17)25(2,3)4)20(23(28)24(26)29)22(27)18-10-8-7-9-11-18/h7-15,21,27H,5-6,16H2,1-4H3/b22-20-. The van der Waals surface area contributed by atoms with Crippen LogP contribution in [0.25, 0.3) is 5.76 Å². The van der Waals surface area contributed by atoms with Gasteiger partial charge >= 0.3 is 0 Å². The molecule has 29 heavy (non-hydrogen) atoms. The summed E-state index contributed by atoms with van der Waals surface area (Å²) in [6.45, 7) is 8.96. The second kappa shape index (κ2) is 8.24. The number of ketones is 1. The van der Waals surface area contributed by atoms with Gasteiger partial charge in [-0.1, -0.05) is 88.7 Å². The van der Waals surface area contributed by atoms with Crippen molar-refractivity contribution in [2.75, 3.05) is 6.54 Å². The summed E-state index contributed by atoms with van der Waals surface area (Å²) in [6.07, 6.45) is 1.71. The maximum atomic E-state index is 12.9. The number of aliphatic hydroxyl groups excluding tert-OH is 1. The fourth-order valence-electron chi connectivity index (χ4n) is 3.70. The predicted octanol–water partition coefficient (Wildman–Crippen LogP) is 5.21. The first-order chi connectivity index (χ1) is 13.8. The van der Waals surface area contributed by atoms with Crippen LogP contribution in [0, 0.1) is 0 Å². The lowest BCUT2D eigenvalue weighted by atomic mass is 9.85. The monoisotopic (exact) mass is 391 g/mol. The number of hydrogen-bond acceptors (Lipinski definition) is 3. The van der Waals surface area contributed by atoms with Gasteiger partial charge in [-0.3, -0.25) is 9.59 Å². The van der Waals surface area contributed by atoms with Crippen molar-refractivity contribution in [2.45, 2.75) is 52.0 Å². The van der Waals surface area contributed by atoms with Crippen LogP contribution in [-0.2, 0) is 15.0 Å². The number of nitrogens with zero attached hydrogens (tertiary/aromatic N) is 1. The highest BCUT2D eigenvalue weighted by Crippen LogP contribution is 2.40. The van der Waals surface area contributed by atoms with Crippen LogP contribution in [0.3, 0.4) is 0 Å². The topological polar surface area (TPSA) is 57.6 Å². The van der Waals surface area contributed by atoms with Crippen LogP contribution >= 0.6 is 0 Å². The van der Waals surface area contributed by atoms with Crippen LogP contribution in [0.2, 0.25) is 0 Å². The highest BCUT2D eigenvalue weighted by molar-refractivity contribution is 6.46. The van der Waals surface area contributed by atoms with Gasteiger partial charge in [-0.2, -0.15) is 0 Å². The number of amides is 1. The van der Waals surface area contributed by atoms with E-state index in [1.54, 1.807) is 29.2 Å². The van der Waals surface area contributed by atoms with E-state index >= 15 is 0 Å². The van der Waals surface area contributed by atoms with Crippen LogP contribution in [0.15, 0.2) is 60.2 Å². The molecule has 1 aliphatic heterocycles. The third kappa shape index (κ3) is 4.12. The van der Waals surface area contributed by atoms with E-state index in [0.29, 0.717) is 12.1 Å². The molecule has 1 fully saturated rings. The van der Waals surface area contributed by atoms with E-state index in [1.807, 2.05) is 37.3 Å². The largest absolute Gasteiger partial charge is 0.507 e. The maximum Gasteiger partial charge on any atom is 0.295 e. The van der Waals surface area contributed by atoms with E-state index in [-0.39, 0.29) is 16.7 Å². The zero-order valence-corrected chi connectivity index (χ0v) is 17.6. The number of carbonyl (C=O) groups is 2. The van der Waals surface area contributed by atoms with Gasteiger partial charge in [0.25, 0.3) is 11.7 Å². The highest BCUT2D eigenvalue weighted by Gasteiger charge is 2.45. The number of carbonyl (C=O) groups excluding carboxylic acids is 2. The number of aliphatic hydroxyl groups is 1. The first kappa shape index (κ1) is 20.8. The summed E-state index contributed by atoms with van der Waals surface area (Å²) in [5.74, 6) is -1.28. The van der Waals surface area contributed by atoms with Crippen molar-refractivity contribution in [3.05, 3.63) is 76.9 Å². The lowest BCUT2D eigenvalue weighted by Gasteiger charge is -2.26. The zero-order chi connectivity index (χ0) is 21.2. The normalized spacial score (nSPS) is 19.0. The van der Waals surface area contributed by atoms with Gasteiger partial charge in [0.15, 0.2) is 0 Å². The molecule has 1 N–H and O–H groups in total. The lowest BCUT2D eigenvalue weighted by molar-refractivity contribution is -0.139. The molecule has 3 rings (SSSR count). The average Bonchev–Trinajstić information content (AvgIpc) is 2.96. The number of unbranched alkanes of at least 4 members (excludes halogenated alkanes) is 1. The Morgan fingerprint density at radius 2 is 1.62 bits per heavy atom. The zero-order valence-electron chi connectivity index (χ0n) is 17.6. The number of Topliss-reactive ketones (excluding diaryl/α,β-unsaturated/α-hetero) is 1. The smallest absolute Gasteiger partial charge is 0.295 e. The fourth-order valence-corrected chi connectivity index (χ4v) is 3.70. The van der Waals surface area contributed by atoms with Crippen molar-refractivity contribution >= 4 is 17.4 Å². The molecule has 0 aromatic heterocycles. The third-order valence-corrected chi connectivity index (χ3v) is 5.43. The molecule has 4 heteroatoms. The third-order valence-electron chi connectivity index (χ3n) is 5.43. The van der Waals surface area contributed by atoms with Crippen molar-refractivity contribution in [1.82, 2.24) is 4.90 Å². The second-order valence-corrected chi connectivity index (χ2v) is 8.58. The minimum absolute atomic E-state index is 0.00654. The van der Waals surface area contributed by atoms with Gasteiger partial charge in [-0.05, 0) is 23.0 Å². The maximum absolute atomic E-state index is 12.9. The minimum Gasteiger partial charge on any atom is -0.507 e. The molecule has 0 saturated carbocycles. The molecule has 2 aromatic rings. The summed E-state index contributed by atoms with van der Waals surface area (Å²) in [5, 5.41) is 10.9. The average molecular weight is 392 g/mol. The summed E-state index contributed by atoms with van der Waals surface area (Å²) in [7, 11) is 0. The van der Waals surface area contributed by atoms with Gasteiger partial charge < -0.3 is 10.0 Å². The first-order valence-electron chi connectivity index (χ1n) is 10.2. The van der Waals surface area contributed by atoms with Crippen LogP contribution in [-0.4, -0.2) is 28.2 Å². The van der Waals surface area contributed by atoms with Gasteiger partial charge in [-0.15, -0.1) is 0 Å². The quantitative estimate of drug-likeness (QED) is 0.433. The summed E-state index contributed by atoms with van der Waals surface area (Å²) in [4.78, 5) is 27.3.